The number of rotatable bonds is 10. The molecule has 1 aliphatic heterocycles. The molecule has 2 aromatic carbocycles. The predicted molar refractivity (Wildman–Crippen MR) is 113 cm³/mol. The molecule has 1 fully saturated rings. The van der Waals surface area contributed by atoms with E-state index in [4.69, 9.17) is 9.92 Å². The van der Waals surface area contributed by atoms with Gasteiger partial charge in [0.1, 0.15) is 5.75 Å². The molecule has 4 N–H and O–H groups in total. The average Bonchev–Trinajstić information content (AvgIpc) is 2.72. The fourth-order valence-corrected chi connectivity index (χ4v) is 4.32. The smallest absolute Gasteiger partial charge is 0.328 e. The number of nitrogens with one attached hydrogen (secondary N) is 1. The Morgan fingerprint density at radius 1 is 1.17 bits per heavy atom. The molecule has 1 aliphatic rings. The SMILES string of the molecule is C=C(N)NCCC[C@H]1C(=O)N(S(=O)Oc2ccc(-c3ccccc3)cc2)C1C(=O)O. The third-order valence-corrected chi connectivity index (χ3v) is 5.82. The van der Waals surface area contributed by atoms with Crippen molar-refractivity contribution in [1.29, 1.82) is 0 Å². The zero-order valence-corrected chi connectivity index (χ0v) is 17.0. The quantitative estimate of drug-likeness (QED) is 0.390. The lowest BCUT2D eigenvalue weighted by Crippen LogP contribution is -2.65. The van der Waals surface area contributed by atoms with Gasteiger partial charge >= 0.3 is 17.2 Å². The van der Waals surface area contributed by atoms with Crippen LogP contribution in [0.3, 0.4) is 0 Å². The van der Waals surface area contributed by atoms with Crippen LogP contribution < -0.4 is 15.2 Å². The Morgan fingerprint density at radius 2 is 1.80 bits per heavy atom. The molecule has 3 atom stereocenters. The number of hydrogen-bond acceptors (Lipinski definition) is 6. The van der Waals surface area contributed by atoms with Gasteiger partial charge in [-0.15, -0.1) is 0 Å². The van der Waals surface area contributed by atoms with Gasteiger partial charge in [-0.1, -0.05) is 49.0 Å². The van der Waals surface area contributed by atoms with Gasteiger partial charge in [0.25, 0.3) is 0 Å². The number of aliphatic carboxylic acids is 1. The Balaban J connectivity index is 1.61. The molecule has 0 radical (unpaired) electrons. The zero-order valence-electron chi connectivity index (χ0n) is 16.2. The topological polar surface area (TPSA) is 122 Å². The number of carbonyl (C=O) groups is 2. The molecule has 2 unspecified atom stereocenters. The minimum atomic E-state index is -2.24. The number of carboxylic acids is 1. The van der Waals surface area contributed by atoms with E-state index in [2.05, 4.69) is 11.9 Å². The van der Waals surface area contributed by atoms with E-state index >= 15 is 0 Å². The maximum atomic E-state index is 12.5. The highest BCUT2D eigenvalue weighted by Gasteiger charge is 2.55. The third-order valence-electron chi connectivity index (χ3n) is 4.75. The van der Waals surface area contributed by atoms with Gasteiger partial charge in [0.05, 0.1) is 11.7 Å². The third kappa shape index (κ3) is 4.80. The number of β-lactam (4-membered cyclic amide) rings is 1. The summed E-state index contributed by atoms with van der Waals surface area (Å²) in [5.74, 6) is -1.89. The normalized spacial score (nSPS) is 18.9. The molecular formula is C21H23N3O5S. The Kier molecular flexibility index (Phi) is 6.73. The van der Waals surface area contributed by atoms with E-state index in [0.29, 0.717) is 25.2 Å². The first-order chi connectivity index (χ1) is 14.4. The van der Waals surface area contributed by atoms with Crippen molar-refractivity contribution < 1.29 is 23.1 Å². The summed E-state index contributed by atoms with van der Waals surface area (Å²) in [6.45, 7) is 3.97. The maximum Gasteiger partial charge on any atom is 0.328 e. The van der Waals surface area contributed by atoms with E-state index in [9.17, 15) is 18.9 Å². The van der Waals surface area contributed by atoms with Crippen molar-refractivity contribution in [3.05, 3.63) is 67.0 Å². The molecule has 0 bridgehead atoms. The highest BCUT2D eigenvalue weighted by molar-refractivity contribution is 7.78. The van der Waals surface area contributed by atoms with Crippen molar-refractivity contribution in [2.45, 2.75) is 18.9 Å². The fraction of sp³-hybridized carbons (Fsp3) is 0.238. The van der Waals surface area contributed by atoms with E-state index in [1.54, 1.807) is 24.3 Å². The first kappa shape index (κ1) is 21.4. The summed E-state index contributed by atoms with van der Waals surface area (Å²) in [6, 6.07) is 15.4. The first-order valence-corrected chi connectivity index (χ1v) is 10.4. The van der Waals surface area contributed by atoms with Crippen LogP contribution in [0.5, 0.6) is 5.75 Å². The molecule has 2 aromatic rings. The van der Waals surface area contributed by atoms with Crippen LogP contribution in [-0.2, 0) is 20.9 Å². The molecule has 0 saturated carbocycles. The fourth-order valence-electron chi connectivity index (χ4n) is 3.26. The molecule has 0 aromatic heterocycles. The minimum Gasteiger partial charge on any atom is -0.480 e. The molecule has 30 heavy (non-hydrogen) atoms. The van der Waals surface area contributed by atoms with E-state index < -0.39 is 35.1 Å². The summed E-state index contributed by atoms with van der Waals surface area (Å²) in [7, 11) is 0. The maximum absolute atomic E-state index is 12.5. The summed E-state index contributed by atoms with van der Waals surface area (Å²) in [5, 5.41) is 12.3. The van der Waals surface area contributed by atoms with Crippen LogP contribution in [-0.4, -0.2) is 38.1 Å². The summed E-state index contributed by atoms with van der Waals surface area (Å²) < 4.78 is 18.6. The highest BCUT2D eigenvalue weighted by Crippen LogP contribution is 2.33. The van der Waals surface area contributed by atoms with Gasteiger partial charge in [-0.3, -0.25) is 4.79 Å². The van der Waals surface area contributed by atoms with Gasteiger partial charge in [-0.05, 0) is 36.1 Å². The molecule has 0 spiro atoms. The zero-order chi connectivity index (χ0) is 21.7. The summed E-state index contributed by atoms with van der Waals surface area (Å²) in [5.41, 5.74) is 7.37. The van der Waals surface area contributed by atoms with E-state index in [1.165, 1.54) is 0 Å². The molecule has 8 nitrogen and oxygen atoms in total. The minimum absolute atomic E-state index is 0.277. The number of carbonyl (C=O) groups excluding carboxylic acids is 1. The van der Waals surface area contributed by atoms with Gasteiger partial charge in [-0.2, -0.15) is 4.21 Å². The summed E-state index contributed by atoms with van der Waals surface area (Å²) in [6.07, 6.45) is 0.855. The largest absolute Gasteiger partial charge is 0.480 e. The summed E-state index contributed by atoms with van der Waals surface area (Å²) in [4.78, 5) is 24.0. The van der Waals surface area contributed by atoms with Crippen LogP contribution in [0.1, 0.15) is 12.8 Å². The van der Waals surface area contributed by atoms with E-state index in [0.717, 1.165) is 15.4 Å². The standard InChI is InChI=1S/C21H23N3O5S/c1-14(22)23-13-5-8-18-19(21(26)27)24(20(18)25)30(28)29-17-11-9-16(10-12-17)15-6-3-2-4-7-15/h2-4,6-7,9-12,18-19,23H,1,5,8,13,22H2,(H,26,27)/t18-,19?,30?/m1/s1. The molecule has 1 amide bonds. The molecule has 9 heteroatoms. The van der Waals surface area contributed by atoms with Crippen molar-refractivity contribution in [3.63, 3.8) is 0 Å². The Morgan fingerprint density at radius 3 is 2.40 bits per heavy atom. The van der Waals surface area contributed by atoms with Crippen molar-refractivity contribution in [2.24, 2.45) is 11.7 Å². The van der Waals surface area contributed by atoms with Crippen LogP contribution in [0.2, 0.25) is 0 Å². The van der Waals surface area contributed by atoms with Crippen LogP contribution in [0.25, 0.3) is 11.1 Å². The van der Waals surface area contributed by atoms with Crippen molar-refractivity contribution in [3.8, 4) is 16.9 Å². The highest BCUT2D eigenvalue weighted by atomic mass is 32.2. The second-order valence-electron chi connectivity index (χ2n) is 6.84. The Bertz CT molecular complexity index is 949. The van der Waals surface area contributed by atoms with Gasteiger partial charge in [0.2, 0.25) is 5.91 Å². The second-order valence-corrected chi connectivity index (χ2v) is 7.83. The van der Waals surface area contributed by atoms with Gasteiger partial charge < -0.3 is 20.3 Å². The van der Waals surface area contributed by atoms with Crippen LogP contribution in [0.4, 0.5) is 0 Å². The number of carboxylic acid groups (broad SMARTS) is 1. The number of nitrogens with zero attached hydrogens (tertiary/aromatic N) is 1. The van der Waals surface area contributed by atoms with E-state index in [1.807, 2.05) is 30.3 Å². The summed E-state index contributed by atoms with van der Waals surface area (Å²) >= 11 is -2.24. The number of benzene rings is 2. The molecule has 1 saturated heterocycles. The lowest BCUT2D eigenvalue weighted by Gasteiger charge is -2.41. The average molecular weight is 429 g/mol. The molecular weight excluding hydrogens is 406 g/mol. The van der Waals surface area contributed by atoms with Gasteiger partial charge in [-0.25, -0.2) is 9.10 Å². The number of nitrogens with two attached hydrogens (primary N) is 1. The van der Waals surface area contributed by atoms with E-state index in [-0.39, 0.29) is 5.75 Å². The van der Waals surface area contributed by atoms with Gasteiger partial charge in [0.15, 0.2) is 6.04 Å². The molecule has 3 rings (SSSR count). The Labute approximate surface area is 177 Å². The number of hydrogen-bond donors (Lipinski definition) is 3. The van der Waals surface area contributed by atoms with Crippen molar-refractivity contribution in [1.82, 2.24) is 9.62 Å². The van der Waals surface area contributed by atoms with Crippen LogP contribution >= 0.6 is 0 Å². The predicted octanol–water partition coefficient (Wildman–Crippen LogP) is 2.02. The molecule has 1 heterocycles. The van der Waals surface area contributed by atoms with Crippen LogP contribution in [0, 0.1) is 5.92 Å². The second kappa shape index (κ2) is 9.45. The Hall–Kier alpha value is -3.33. The first-order valence-electron chi connectivity index (χ1n) is 9.38. The monoisotopic (exact) mass is 429 g/mol. The number of amides is 1. The van der Waals surface area contributed by atoms with Crippen molar-refractivity contribution >= 4 is 23.1 Å². The van der Waals surface area contributed by atoms with Crippen LogP contribution in [0.15, 0.2) is 67.0 Å². The lowest BCUT2D eigenvalue weighted by molar-refractivity contribution is -0.162. The van der Waals surface area contributed by atoms with Crippen molar-refractivity contribution in [2.75, 3.05) is 6.54 Å². The molecule has 0 aliphatic carbocycles. The lowest BCUT2D eigenvalue weighted by atomic mass is 9.86. The molecule has 158 valence electrons. The van der Waals surface area contributed by atoms with Gasteiger partial charge in [0, 0.05) is 6.54 Å².